The lowest BCUT2D eigenvalue weighted by molar-refractivity contribution is 0.0599. The minimum atomic E-state index is -0.524. The minimum absolute atomic E-state index is 0.00108. The van der Waals surface area contributed by atoms with Gasteiger partial charge >= 0.3 is 5.97 Å². The van der Waals surface area contributed by atoms with Crippen LogP contribution in [0.3, 0.4) is 0 Å². The molecule has 2 aromatic rings. The number of methoxy groups -OCH3 is 1. The van der Waals surface area contributed by atoms with Crippen LogP contribution in [0.1, 0.15) is 15.9 Å². The molecule has 0 unspecified atom stereocenters. The lowest BCUT2D eigenvalue weighted by Gasteiger charge is -2.08. The number of carbonyl (C=O) groups is 1. The Kier molecular flexibility index (Phi) is 4.02. The predicted octanol–water partition coefficient (Wildman–Crippen LogP) is 2.34. The molecule has 0 saturated heterocycles. The van der Waals surface area contributed by atoms with Crippen molar-refractivity contribution in [2.75, 3.05) is 7.11 Å². The molecular weight excluding hydrogens is 266 g/mol. The van der Waals surface area contributed by atoms with Gasteiger partial charge in [0.25, 0.3) is 5.56 Å². The lowest BCUT2D eigenvalue weighted by Crippen LogP contribution is -2.22. The van der Waals surface area contributed by atoms with Crippen molar-refractivity contribution in [3.05, 3.63) is 69.1 Å². The van der Waals surface area contributed by atoms with Crippen molar-refractivity contribution in [3.63, 3.8) is 0 Å². The van der Waals surface area contributed by atoms with Gasteiger partial charge in [-0.3, -0.25) is 4.79 Å². The SMILES string of the molecule is COC(=O)c1cc(Cl)c(=O)n(Cc2ccccc2)c1. The summed E-state index contributed by atoms with van der Waals surface area (Å²) >= 11 is 5.85. The second kappa shape index (κ2) is 5.71. The molecule has 1 aromatic carbocycles. The van der Waals surface area contributed by atoms with Crippen molar-refractivity contribution >= 4 is 17.6 Å². The molecule has 1 heterocycles. The molecule has 0 radical (unpaired) electrons. The van der Waals surface area contributed by atoms with Crippen LogP contribution >= 0.6 is 11.6 Å². The van der Waals surface area contributed by atoms with Gasteiger partial charge < -0.3 is 9.30 Å². The molecule has 4 nitrogen and oxygen atoms in total. The standard InChI is InChI=1S/C14H12ClNO3/c1-19-14(18)11-7-12(15)13(17)16(9-11)8-10-5-3-2-4-6-10/h2-7,9H,8H2,1H3. The third-order valence-corrected chi connectivity index (χ3v) is 2.93. The van der Waals surface area contributed by atoms with Crippen molar-refractivity contribution in [1.82, 2.24) is 4.57 Å². The fourth-order valence-electron chi connectivity index (χ4n) is 1.73. The maximum Gasteiger partial charge on any atom is 0.339 e. The first-order chi connectivity index (χ1) is 9.11. The van der Waals surface area contributed by atoms with Crippen molar-refractivity contribution in [2.45, 2.75) is 6.54 Å². The topological polar surface area (TPSA) is 48.3 Å². The maximum atomic E-state index is 11.9. The summed E-state index contributed by atoms with van der Waals surface area (Å²) in [5, 5.41) is -0.00108. The lowest BCUT2D eigenvalue weighted by atomic mass is 10.2. The van der Waals surface area contributed by atoms with Crippen LogP contribution in [0.4, 0.5) is 0 Å². The summed E-state index contributed by atoms with van der Waals surface area (Å²) in [4.78, 5) is 23.4. The summed E-state index contributed by atoms with van der Waals surface area (Å²) in [5.74, 6) is -0.524. The molecule has 0 spiro atoms. The van der Waals surface area contributed by atoms with Crippen molar-refractivity contribution in [2.24, 2.45) is 0 Å². The number of halogens is 1. The first-order valence-corrected chi connectivity index (χ1v) is 6.02. The average molecular weight is 278 g/mol. The second-order valence-corrected chi connectivity index (χ2v) is 4.39. The Labute approximate surface area is 115 Å². The molecule has 2 rings (SSSR count). The Morgan fingerprint density at radius 3 is 2.63 bits per heavy atom. The van der Waals surface area contributed by atoms with E-state index in [4.69, 9.17) is 11.6 Å². The van der Waals surface area contributed by atoms with Gasteiger partial charge in [0.15, 0.2) is 0 Å². The Morgan fingerprint density at radius 1 is 1.32 bits per heavy atom. The Bertz CT molecular complexity index is 649. The van der Waals surface area contributed by atoms with E-state index < -0.39 is 5.97 Å². The number of esters is 1. The monoisotopic (exact) mass is 277 g/mol. The van der Waals surface area contributed by atoms with Gasteiger partial charge in [0, 0.05) is 6.20 Å². The number of nitrogens with zero attached hydrogens (tertiary/aromatic N) is 1. The highest BCUT2D eigenvalue weighted by Crippen LogP contribution is 2.09. The maximum absolute atomic E-state index is 11.9. The molecule has 0 atom stereocenters. The number of hydrogen-bond acceptors (Lipinski definition) is 3. The Hall–Kier alpha value is -2.07. The summed E-state index contributed by atoms with van der Waals surface area (Å²) < 4.78 is 6.02. The van der Waals surface area contributed by atoms with Crippen LogP contribution in [0, 0.1) is 0 Å². The molecule has 0 bridgehead atoms. The zero-order valence-corrected chi connectivity index (χ0v) is 11.1. The first kappa shape index (κ1) is 13.4. The molecule has 98 valence electrons. The van der Waals surface area contributed by atoms with Gasteiger partial charge in [-0.2, -0.15) is 0 Å². The highest BCUT2D eigenvalue weighted by atomic mass is 35.5. The van der Waals surface area contributed by atoms with Gasteiger partial charge in [-0.05, 0) is 11.6 Å². The zero-order valence-electron chi connectivity index (χ0n) is 10.3. The van der Waals surface area contributed by atoms with Crippen molar-refractivity contribution < 1.29 is 9.53 Å². The Morgan fingerprint density at radius 2 is 2.00 bits per heavy atom. The van der Waals surface area contributed by atoms with E-state index in [1.807, 2.05) is 30.3 Å². The van der Waals surface area contributed by atoms with Crippen LogP contribution in [-0.4, -0.2) is 17.6 Å². The minimum Gasteiger partial charge on any atom is -0.465 e. The van der Waals surface area contributed by atoms with E-state index in [1.165, 1.54) is 23.9 Å². The number of benzene rings is 1. The van der Waals surface area contributed by atoms with Gasteiger partial charge in [0.05, 0.1) is 19.2 Å². The molecule has 0 amide bonds. The van der Waals surface area contributed by atoms with E-state index >= 15 is 0 Å². The highest BCUT2D eigenvalue weighted by molar-refractivity contribution is 6.30. The van der Waals surface area contributed by atoms with Crippen LogP contribution < -0.4 is 5.56 Å². The molecule has 19 heavy (non-hydrogen) atoms. The van der Waals surface area contributed by atoms with E-state index in [0.29, 0.717) is 6.54 Å². The summed E-state index contributed by atoms with van der Waals surface area (Å²) in [6.07, 6.45) is 1.45. The van der Waals surface area contributed by atoms with Crippen LogP contribution in [0.2, 0.25) is 5.02 Å². The Balaban J connectivity index is 2.42. The zero-order chi connectivity index (χ0) is 13.8. The smallest absolute Gasteiger partial charge is 0.339 e. The fourth-order valence-corrected chi connectivity index (χ4v) is 1.95. The molecule has 0 aliphatic heterocycles. The first-order valence-electron chi connectivity index (χ1n) is 5.64. The number of hydrogen-bond donors (Lipinski definition) is 0. The number of ether oxygens (including phenoxy) is 1. The predicted molar refractivity (Wildman–Crippen MR) is 72.6 cm³/mol. The second-order valence-electron chi connectivity index (χ2n) is 3.99. The average Bonchev–Trinajstić information content (AvgIpc) is 2.44. The number of aromatic nitrogens is 1. The molecule has 0 aliphatic carbocycles. The van der Waals surface area contributed by atoms with Gasteiger partial charge in [0.2, 0.25) is 0 Å². The summed E-state index contributed by atoms with van der Waals surface area (Å²) in [7, 11) is 1.28. The summed E-state index contributed by atoms with van der Waals surface area (Å²) in [5.41, 5.74) is 0.865. The van der Waals surface area contributed by atoms with Gasteiger partial charge in [0.1, 0.15) is 5.02 Å². The number of carbonyl (C=O) groups excluding carboxylic acids is 1. The van der Waals surface area contributed by atoms with Gasteiger partial charge in [-0.15, -0.1) is 0 Å². The van der Waals surface area contributed by atoms with E-state index in [1.54, 1.807) is 0 Å². The summed E-state index contributed by atoms with van der Waals surface area (Å²) in [6.45, 7) is 0.351. The van der Waals surface area contributed by atoms with Gasteiger partial charge in [-0.25, -0.2) is 4.79 Å². The van der Waals surface area contributed by atoms with Crippen molar-refractivity contribution in [3.8, 4) is 0 Å². The normalized spacial score (nSPS) is 10.2. The van der Waals surface area contributed by atoms with Crippen LogP contribution in [0.25, 0.3) is 0 Å². The van der Waals surface area contributed by atoms with Crippen molar-refractivity contribution in [1.29, 1.82) is 0 Å². The van der Waals surface area contributed by atoms with Crippen LogP contribution in [0.5, 0.6) is 0 Å². The van der Waals surface area contributed by atoms with Crippen LogP contribution in [0.15, 0.2) is 47.4 Å². The molecule has 5 heteroatoms. The molecule has 0 saturated carbocycles. The fraction of sp³-hybridized carbons (Fsp3) is 0.143. The third kappa shape index (κ3) is 3.03. The van der Waals surface area contributed by atoms with E-state index in [2.05, 4.69) is 4.74 Å². The number of pyridine rings is 1. The molecular formula is C14H12ClNO3. The number of rotatable bonds is 3. The van der Waals surface area contributed by atoms with E-state index in [-0.39, 0.29) is 16.1 Å². The third-order valence-electron chi connectivity index (χ3n) is 2.66. The van der Waals surface area contributed by atoms with E-state index in [0.717, 1.165) is 5.56 Å². The highest BCUT2D eigenvalue weighted by Gasteiger charge is 2.11. The molecule has 0 aliphatic rings. The molecule has 1 aromatic heterocycles. The van der Waals surface area contributed by atoms with Crippen LogP contribution in [-0.2, 0) is 11.3 Å². The largest absolute Gasteiger partial charge is 0.465 e. The summed E-state index contributed by atoms with van der Waals surface area (Å²) in [6, 6.07) is 10.8. The molecule has 0 fully saturated rings. The molecule has 0 N–H and O–H groups in total. The van der Waals surface area contributed by atoms with Gasteiger partial charge in [-0.1, -0.05) is 41.9 Å². The van der Waals surface area contributed by atoms with E-state index in [9.17, 15) is 9.59 Å². The quantitative estimate of drug-likeness (QED) is 0.809.